The third-order valence-corrected chi connectivity index (χ3v) is 4.64. The molecule has 1 aromatic carbocycles. The summed E-state index contributed by atoms with van der Waals surface area (Å²) < 4.78 is 0.970. The van der Waals surface area contributed by atoms with E-state index in [9.17, 15) is 4.79 Å². The number of halogens is 1. The van der Waals surface area contributed by atoms with E-state index in [1.807, 2.05) is 13.0 Å². The first-order valence-corrected chi connectivity index (χ1v) is 6.81. The first-order valence-electron chi connectivity index (χ1n) is 5.20. The van der Waals surface area contributed by atoms with Gasteiger partial charge < -0.3 is 5.11 Å². The number of aromatic carboxylic acids is 1. The Labute approximate surface area is 117 Å². The number of carbonyl (C=O) groups is 1. The van der Waals surface area contributed by atoms with Gasteiger partial charge in [0.15, 0.2) is 0 Å². The lowest BCUT2D eigenvalue weighted by atomic mass is 10.2. The summed E-state index contributed by atoms with van der Waals surface area (Å²) in [7, 11) is 0. The lowest BCUT2D eigenvalue weighted by Crippen LogP contribution is -1.94. The van der Waals surface area contributed by atoms with Crippen LogP contribution >= 0.6 is 27.7 Å². The first kappa shape index (κ1) is 13.1. The zero-order valence-corrected chi connectivity index (χ0v) is 12.0. The molecule has 0 amide bonds. The van der Waals surface area contributed by atoms with Crippen LogP contribution in [0.1, 0.15) is 15.9 Å². The SMILES string of the molecule is Cc1ccnc(Sc2ccc(C(=O)O)cc2)c1Br. The van der Waals surface area contributed by atoms with Gasteiger partial charge in [-0.3, -0.25) is 0 Å². The summed E-state index contributed by atoms with van der Waals surface area (Å²) in [6, 6.07) is 8.68. The van der Waals surface area contributed by atoms with Crippen molar-refractivity contribution in [2.45, 2.75) is 16.8 Å². The molecular weight excluding hydrogens is 314 g/mol. The third-order valence-electron chi connectivity index (χ3n) is 2.37. The molecule has 1 N–H and O–H groups in total. The van der Waals surface area contributed by atoms with E-state index in [0.29, 0.717) is 0 Å². The van der Waals surface area contributed by atoms with Crippen LogP contribution in [0.4, 0.5) is 0 Å². The Morgan fingerprint density at radius 2 is 1.94 bits per heavy atom. The Hall–Kier alpha value is -1.33. The fourth-order valence-electron chi connectivity index (χ4n) is 1.36. The van der Waals surface area contributed by atoms with Crippen molar-refractivity contribution in [1.82, 2.24) is 4.98 Å². The Morgan fingerprint density at radius 1 is 1.28 bits per heavy atom. The van der Waals surface area contributed by atoms with Crippen molar-refractivity contribution in [1.29, 1.82) is 0 Å². The fourth-order valence-corrected chi connectivity index (χ4v) is 2.70. The van der Waals surface area contributed by atoms with E-state index in [2.05, 4.69) is 20.9 Å². The van der Waals surface area contributed by atoms with Crippen LogP contribution in [0.25, 0.3) is 0 Å². The second-order valence-electron chi connectivity index (χ2n) is 3.68. The van der Waals surface area contributed by atoms with Crippen molar-refractivity contribution in [3.05, 3.63) is 52.1 Å². The number of pyridine rings is 1. The zero-order chi connectivity index (χ0) is 13.1. The van der Waals surface area contributed by atoms with Crippen molar-refractivity contribution in [2.75, 3.05) is 0 Å². The van der Waals surface area contributed by atoms with Gasteiger partial charge >= 0.3 is 5.97 Å². The van der Waals surface area contributed by atoms with Crippen molar-refractivity contribution < 1.29 is 9.90 Å². The van der Waals surface area contributed by atoms with E-state index >= 15 is 0 Å². The summed E-state index contributed by atoms with van der Waals surface area (Å²) in [4.78, 5) is 16.0. The average molecular weight is 324 g/mol. The van der Waals surface area contributed by atoms with Gasteiger partial charge in [0.1, 0.15) is 5.03 Å². The maximum absolute atomic E-state index is 10.7. The normalized spacial score (nSPS) is 10.3. The lowest BCUT2D eigenvalue weighted by molar-refractivity contribution is 0.0697. The number of hydrogen-bond donors (Lipinski definition) is 1. The molecule has 1 heterocycles. The molecule has 2 rings (SSSR count). The van der Waals surface area contributed by atoms with Crippen molar-refractivity contribution in [2.24, 2.45) is 0 Å². The number of carboxylic acids is 1. The van der Waals surface area contributed by atoms with Gasteiger partial charge in [-0.2, -0.15) is 0 Å². The number of benzene rings is 1. The Balaban J connectivity index is 2.24. The molecule has 92 valence electrons. The van der Waals surface area contributed by atoms with E-state index < -0.39 is 5.97 Å². The number of nitrogens with zero attached hydrogens (tertiary/aromatic N) is 1. The molecule has 0 radical (unpaired) electrons. The van der Waals surface area contributed by atoms with E-state index in [1.54, 1.807) is 30.5 Å². The molecular formula is C13H10BrNO2S. The molecule has 0 aliphatic heterocycles. The molecule has 3 nitrogen and oxygen atoms in total. The van der Waals surface area contributed by atoms with E-state index in [1.165, 1.54) is 11.8 Å². The minimum atomic E-state index is -0.915. The van der Waals surface area contributed by atoms with E-state index in [0.717, 1.165) is 20.0 Å². The van der Waals surface area contributed by atoms with Crippen molar-refractivity contribution in [3.63, 3.8) is 0 Å². The van der Waals surface area contributed by atoms with Crippen LogP contribution in [0.3, 0.4) is 0 Å². The van der Waals surface area contributed by atoms with Crippen LogP contribution < -0.4 is 0 Å². The van der Waals surface area contributed by atoms with Gasteiger partial charge in [0.25, 0.3) is 0 Å². The largest absolute Gasteiger partial charge is 0.478 e. The molecule has 0 atom stereocenters. The maximum atomic E-state index is 10.7. The quantitative estimate of drug-likeness (QED) is 0.927. The first-order chi connectivity index (χ1) is 8.58. The molecule has 18 heavy (non-hydrogen) atoms. The highest BCUT2D eigenvalue weighted by atomic mass is 79.9. The molecule has 2 aromatic rings. The minimum absolute atomic E-state index is 0.288. The van der Waals surface area contributed by atoms with E-state index in [4.69, 9.17) is 5.11 Å². The van der Waals surface area contributed by atoms with Gasteiger partial charge in [0.05, 0.1) is 10.0 Å². The molecule has 0 spiro atoms. The standard InChI is InChI=1S/C13H10BrNO2S/c1-8-6-7-15-12(11(8)14)18-10-4-2-9(3-5-10)13(16)17/h2-7H,1H3,(H,16,17). The maximum Gasteiger partial charge on any atom is 0.335 e. The monoisotopic (exact) mass is 323 g/mol. The predicted octanol–water partition coefficient (Wildman–Crippen LogP) is 4.00. The summed E-state index contributed by atoms with van der Waals surface area (Å²) in [5, 5.41) is 9.69. The van der Waals surface area contributed by atoms with Gasteiger partial charge in [-0.05, 0) is 58.7 Å². The zero-order valence-electron chi connectivity index (χ0n) is 9.55. The van der Waals surface area contributed by atoms with Gasteiger partial charge in [0.2, 0.25) is 0 Å². The predicted molar refractivity (Wildman–Crippen MR) is 74.2 cm³/mol. The van der Waals surface area contributed by atoms with Crippen LogP contribution in [0.5, 0.6) is 0 Å². The topological polar surface area (TPSA) is 50.2 Å². The van der Waals surface area contributed by atoms with Crippen LogP contribution in [0, 0.1) is 6.92 Å². The molecule has 0 saturated carbocycles. The number of carboxylic acid groups (broad SMARTS) is 1. The number of hydrogen-bond acceptors (Lipinski definition) is 3. The molecule has 0 aliphatic carbocycles. The molecule has 0 fully saturated rings. The molecule has 1 aromatic heterocycles. The minimum Gasteiger partial charge on any atom is -0.478 e. The Kier molecular flexibility index (Phi) is 4.04. The fraction of sp³-hybridized carbons (Fsp3) is 0.0769. The Morgan fingerprint density at radius 3 is 2.56 bits per heavy atom. The van der Waals surface area contributed by atoms with Gasteiger partial charge in [-0.15, -0.1) is 0 Å². The van der Waals surface area contributed by atoms with Gasteiger partial charge in [0, 0.05) is 11.1 Å². The van der Waals surface area contributed by atoms with Gasteiger partial charge in [-0.25, -0.2) is 9.78 Å². The average Bonchev–Trinajstić information content (AvgIpc) is 2.36. The highest BCUT2D eigenvalue weighted by Crippen LogP contribution is 2.33. The summed E-state index contributed by atoms with van der Waals surface area (Å²) >= 11 is 5.00. The molecule has 0 unspecified atom stereocenters. The summed E-state index contributed by atoms with van der Waals surface area (Å²) in [5.41, 5.74) is 1.41. The molecule has 0 saturated heterocycles. The number of aromatic nitrogens is 1. The highest BCUT2D eigenvalue weighted by molar-refractivity contribution is 9.10. The Bertz CT molecular complexity index is 584. The summed E-state index contributed by atoms with van der Waals surface area (Å²) in [5.74, 6) is -0.915. The van der Waals surface area contributed by atoms with Crippen molar-refractivity contribution >= 4 is 33.7 Å². The molecule has 0 bridgehead atoms. The van der Waals surface area contributed by atoms with Crippen LogP contribution in [-0.4, -0.2) is 16.1 Å². The second kappa shape index (κ2) is 5.54. The second-order valence-corrected chi connectivity index (χ2v) is 5.53. The molecule has 5 heteroatoms. The summed E-state index contributed by atoms with van der Waals surface area (Å²) in [6.45, 7) is 2.00. The summed E-state index contributed by atoms with van der Waals surface area (Å²) in [6.07, 6.45) is 1.76. The smallest absolute Gasteiger partial charge is 0.335 e. The lowest BCUT2D eigenvalue weighted by Gasteiger charge is -2.05. The highest BCUT2D eigenvalue weighted by Gasteiger charge is 2.07. The van der Waals surface area contributed by atoms with Crippen LogP contribution in [0.2, 0.25) is 0 Å². The number of aryl methyl sites for hydroxylation is 1. The van der Waals surface area contributed by atoms with Crippen molar-refractivity contribution in [3.8, 4) is 0 Å². The van der Waals surface area contributed by atoms with Crippen LogP contribution in [-0.2, 0) is 0 Å². The third kappa shape index (κ3) is 2.91. The molecule has 0 aliphatic rings. The van der Waals surface area contributed by atoms with Gasteiger partial charge in [-0.1, -0.05) is 11.8 Å². The van der Waals surface area contributed by atoms with Crippen LogP contribution in [0.15, 0.2) is 50.9 Å². The van der Waals surface area contributed by atoms with E-state index in [-0.39, 0.29) is 5.56 Å². The number of rotatable bonds is 3.